The van der Waals surface area contributed by atoms with Gasteiger partial charge in [0.15, 0.2) is 5.13 Å². The molecule has 0 fully saturated rings. The van der Waals surface area contributed by atoms with Crippen LogP contribution in [-0.4, -0.2) is 52.8 Å². The first kappa shape index (κ1) is 18.8. The van der Waals surface area contributed by atoms with E-state index in [1.807, 2.05) is 45.0 Å². The number of aromatic nitrogens is 3. The van der Waals surface area contributed by atoms with Crippen molar-refractivity contribution < 1.29 is 4.79 Å². The number of halogens is 1. The average molecular weight is 392 g/mol. The first-order chi connectivity index (χ1) is 12.3. The Balaban J connectivity index is 2.06. The zero-order valence-electron chi connectivity index (χ0n) is 15.6. The number of hydrogen-bond donors (Lipinski definition) is 0. The second-order valence-corrected chi connectivity index (χ2v) is 7.99. The lowest BCUT2D eigenvalue weighted by Gasteiger charge is -2.22. The number of carbonyl (C=O) groups is 1. The average Bonchev–Trinajstić information content (AvgIpc) is 3.15. The number of anilines is 1. The van der Waals surface area contributed by atoms with Crippen LogP contribution in [0, 0.1) is 13.8 Å². The molecule has 0 atom stereocenters. The van der Waals surface area contributed by atoms with Gasteiger partial charge in [0.05, 0.1) is 16.4 Å². The maximum Gasteiger partial charge on any atom is 0.278 e. The van der Waals surface area contributed by atoms with Crippen LogP contribution in [0.15, 0.2) is 18.3 Å². The standard InChI is InChI=1S/C18H22ClN5OS/c1-11-10-20-23(5)16(11)17(25)24(9-8-22(3)4)18-21-15-12(2)13(19)6-7-14(15)26-18/h6-7,10H,8-9H2,1-5H3. The molecule has 0 saturated carbocycles. The molecule has 8 heteroatoms. The Kier molecular flexibility index (Phi) is 5.32. The van der Waals surface area contributed by atoms with E-state index in [9.17, 15) is 4.79 Å². The summed E-state index contributed by atoms with van der Waals surface area (Å²) in [5.41, 5.74) is 3.22. The first-order valence-corrected chi connectivity index (χ1v) is 9.50. The highest BCUT2D eigenvalue weighted by molar-refractivity contribution is 7.22. The summed E-state index contributed by atoms with van der Waals surface area (Å²) in [5, 5.41) is 5.56. The van der Waals surface area contributed by atoms with Crippen molar-refractivity contribution in [1.29, 1.82) is 0 Å². The summed E-state index contributed by atoms with van der Waals surface area (Å²) in [7, 11) is 5.76. The van der Waals surface area contributed by atoms with Crippen molar-refractivity contribution in [2.75, 3.05) is 32.1 Å². The van der Waals surface area contributed by atoms with Crippen LogP contribution in [0.2, 0.25) is 5.02 Å². The second-order valence-electron chi connectivity index (χ2n) is 6.58. The quantitative estimate of drug-likeness (QED) is 0.667. The summed E-state index contributed by atoms with van der Waals surface area (Å²) < 4.78 is 2.64. The molecule has 0 unspecified atom stereocenters. The van der Waals surface area contributed by atoms with E-state index in [0.29, 0.717) is 22.4 Å². The molecule has 138 valence electrons. The predicted molar refractivity (Wildman–Crippen MR) is 108 cm³/mol. The Morgan fingerprint density at radius 2 is 2.00 bits per heavy atom. The largest absolute Gasteiger partial charge is 0.308 e. The SMILES string of the molecule is Cc1cnn(C)c1C(=O)N(CCN(C)C)c1nc2c(C)c(Cl)ccc2s1. The van der Waals surface area contributed by atoms with Gasteiger partial charge in [-0.05, 0) is 51.2 Å². The van der Waals surface area contributed by atoms with Gasteiger partial charge in [0.25, 0.3) is 5.91 Å². The minimum Gasteiger partial charge on any atom is -0.308 e. The Hall–Kier alpha value is -1.96. The molecule has 6 nitrogen and oxygen atoms in total. The molecule has 1 amide bonds. The Morgan fingerprint density at radius 3 is 2.62 bits per heavy atom. The van der Waals surface area contributed by atoms with Gasteiger partial charge in [0.1, 0.15) is 5.69 Å². The maximum atomic E-state index is 13.3. The van der Waals surface area contributed by atoms with Gasteiger partial charge in [-0.3, -0.25) is 14.4 Å². The van der Waals surface area contributed by atoms with E-state index in [2.05, 4.69) is 5.10 Å². The summed E-state index contributed by atoms with van der Waals surface area (Å²) in [6.45, 7) is 5.12. The zero-order chi connectivity index (χ0) is 19.0. The highest BCUT2D eigenvalue weighted by atomic mass is 35.5. The molecule has 0 saturated heterocycles. The zero-order valence-corrected chi connectivity index (χ0v) is 17.1. The van der Waals surface area contributed by atoms with Gasteiger partial charge in [-0.2, -0.15) is 5.10 Å². The second kappa shape index (κ2) is 7.34. The minimum absolute atomic E-state index is 0.0906. The molecule has 0 N–H and O–H groups in total. The molecule has 0 aliphatic carbocycles. The smallest absolute Gasteiger partial charge is 0.278 e. The number of amides is 1. The molecule has 0 aliphatic heterocycles. The molecule has 0 bridgehead atoms. The molecule has 3 aromatic rings. The van der Waals surface area contributed by atoms with E-state index in [0.717, 1.165) is 27.9 Å². The lowest BCUT2D eigenvalue weighted by Crippen LogP contribution is -2.38. The van der Waals surface area contributed by atoms with Crippen molar-refractivity contribution in [3.63, 3.8) is 0 Å². The maximum absolute atomic E-state index is 13.3. The third kappa shape index (κ3) is 3.47. The van der Waals surface area contributed by atoms with E-state index in [4.69, 9.17) is 16.6 Å². The fourth-order valence-corrected chi connectivity index (χ4v) is 3.97. The summed E-state index contributed by atoms with van der Waals surface area (Å²) in [6.07, 6.45) is 1.71. The monoisotopic (exact) mass is 391 g/mol. The normalized spacial score (nSPS) is 11.5. The van der Waals surface area contributed by atoms with Crippen molar-refractivity contribution in [3.8, 4) is 0 Å². The number of benzene rings is 1. The van der Waals surface area contributed by atoms with Crippen LogP contribution in [0.25, 0.3) is 10.2 Å². The Labute approximate surface area is 162 Å². The van der Waals surface area contributed by atoms with Gasteiger partial charge >= 0.3 is 0 Å². The van der Waals surface area contributed by atoms with Crippen molar-refractivity contribution >= 4 is 44.2 Å². The van der Waals surface area contributed by atoms with E-state index >= 15 is 0 Å². The first-order valence-electron chi connectivity index (χ1n) is 8.30. The summed E-state index contributed by atoms with van der Waals surface area (Å²) in [4.78, 5) is 21.8. The van der Waals surface area contributed by atoms with Crippen LogP contribution in [0.4, 0.5) is 5.13 Å². The van der Waals surface area contributed by atoms with Crippen LogP contribution in [0.3, 0.4) is 0 Å². The number of rotatable bonds is 5. The summed E-state index contributed by atoms with van der Waals surface area (Å²) in [5.74, 6) is -0.0906. The van der Waals surface area contributed by atoms with Crippen molar-refractivity contribution in [3.05, 3.63) is 40.2 Å². The van der Waals surface area contributed by atoms with Crippen LogP contribution < -0.4 is 4.90 Å². The number of aryl methyl sites for hydroxylation is 3. The van der Waals surface area contributed by atoms with E-state index in [-0.39, 0.29) is 5.91 Å². The van der Waals surface area contributed by atoms with Gasteiger partial charge in [-0.1, -0.05) is 22.9 Å². The van der Waals surface area contributed by atoms with Crippen molar-refractivity contribution in [2.45, 2.75) is 13.8 Å². The molecule has 26 heavy (non-hydrogen) atoms. The third-order valence-electron chi connectivity index (χ3n) is 4.31. The summed E-state index contributed by atoms with van der Waals surface area (Å²) in [6, 6.07) is 3.83. The molecule has 0 spiro atoms. The van der Waals surface area contributed by atoms with Gasteiger partial charge < -0.3 is 4.90 Å². The molecule has 3 rings (SSSR count). The molecule has 0 aliphatic rings. The molecular weight excluding hydrogens is 370 g/mol. The van der Waals surface area contributed by atoms with Crippen LogP contribution >= 0.6 is 22.9 Å². The predicted octanol–water partition coefficient (Wildman–Crippen LogP) is 3.51. The third-order valence-corrected chi connectivity index (χ3v) is 5.76. The molecule has 1 aromatic carbocycles. The lowest BCUT2D eigenvalue weighted by atomic mass is 10.2. The number of nitrogens with zero attached hydrogens (tertiary/aromatic N) is 5. The van der Waals surface area contributed by atoms with Gasteiger partial charge in [0, 0.05) is 25.2 Å². The molecular formula is C18H22ClN5OS. The molecule has 2 aromatic heterocycles. The summed E-state index contributed by atoms with van der Waals surface area (Å²) >= 11 is 7.73. The topological polar surface area (TPSA) is 54.3 Å². The fraction of sp³-hybridized carbons (Fsp3) is 0.389. The van der Waals surface area contributed by atoms with Gasteiger partial charge in [-0.25, -0.2) is 4.98 Å². The highest BCUT2D eigenvalue weighted by Crippen LogP contribution is 2.34. The van der Waals surface area contributed by atoms with Crippen molar-refractivity contribution in [1.82, 2.24) is 19.7 Å². The van der Waals surface area contributed by atoms with Gasteiger partial charge in [-0.15, -0.1) is 0 Å². The molecule has 2 heterocycles. The van der Waals surface area contributed by atoms with Crippen LogP contribution in [-0.2, 0) is 7.05 Å². The van der Waals surface area contributed by atoms with E-state index in [1.165, 1.54) is 11.3 Å². The Bertz CT molecular complexity index is 943. The number of likely N-dealkylation sites (N-methyl/N-ethyl adjacent to an activating group) is 1. The number of fused-ring (bicyclic) bond motifs is 1. The Morgan fingerprint density at radius 1 is 1.27 bits per heavy atom. The van der Waals surface area contributed by atoms with Gasteiger partial charge in [0.2, 0.25) is 0 Å². The van der Waals surface area contributed by atoms with Crippen molar-refractivity contribution in [2.24, 2.45) is 7.05 Å². The fourth-order valence-electron chi connectivity index (χ4n) is 2.77. The van der Waals surface area contributed by atoms with Crippen LogP contribution in [0.1, 0.15) is 21.6 Å². The molecule has 0 radical (unpaired) electrons. The number of carbonyl (C=O) groups excluding carboxylic acids is 1. The minimum atomic E-state index is -0.0906. The lowest BCUT2D eigenvalue weighted by molar-refractivity contribution is 0.0975. The number of thiazole rings is 1. The number of hydrogen-bond acceptors (Lipinski definition) is 5. The van der Waals surface area contributed by atoms with Crippen LogP contribution in [0.5, 0.6) is 0 Å². The highest BCUT2D eigenvalue weighted by Gasteiger charge is 2.25. The van der Waals surface area contributed by atoms with E-state index in [1.54, 1.807) is 22.8 Å². The van der Waals surface area contributed by atoms with E-state index < -0.39 is 0 Å².